The molecule has 0 bridgehead atoms. The van der Waals surface area contributed by atoms with Crippen molar-refractivity contribution in [3.05, 3.63) is 0 Å². The largest absolute Gasteiger partial charge is 0.354 e. The van der Waals surface area contributed by atoms with E-state index < -0.39 is 0 Å². The van der Waals surface area contributed by atoms with Crippen LogP contribution in [0.1, 0.15) is 39.5 Å². The second kappa shape index (κ2) is 7.67. The van der Waals surface area contributed by atoms with Gasteiger partial charge < -0.3 is 16.0 Å². The maximum Gasteiger partial charge on any atom is 0.236 e. The minimum absolute atomic E-state index is 0.0183. The van der Waals surface area contributed by atoms with Crippen LogP contribution in [0.4, 0.5) is 0 Å². The Morgan fingerprint density at radius 1 is 1.41 bits per heavy atom. The third-order valence-electron chi connectivity index (χ3n) is 3.66. The first-order chi connectivity index (χ1) is 8.17. The lowest BCUT2D eigenvalue weighted by Crippen LogP contribution is -2.44. The summed E-state index contributed by atoms with van der Waals surface area (Å²) in [7, 11) is 0. The topological polar surface area (TPSA) is 58.4 Å². The van der Waals surface area contributed by atoms with E-state index >= 15 is 0 Å². The summed E-state index contributed by atoms with van der Waals surface area (Å²) < 4.78 is 0. The SMILES string of the molecule is CCCC(N)C(=O)NCC1CCN(CC)CC1. The molecule has 1 aliphatic heterocycles. The molecule has 1 atom stereocenters. The molecule has 0 aliphatic carbocycles. The number of nitrogens with zero attached hydrogens (tertiary/aromatic N) is 1. The molecule has 0 aromatic rings. The smallest absolute Gasteiger partial charge is 0.236 e. The van der Waals surface area contributed by atoms with Crippen molar-refractivity contribution in [3.63, 3.8) is 0 Å². The Kier molecular flexibility index (Phi) is 6.52. The predicted molar refractivity (Wildman–Crippen MR) is 70.7 cm³/mol. The summed E-state index contributed by atoms with van der Waals surface area (Å²) in [4.78, 5) is 14.1. The summed E-state index contributed by atoms with van der Waals surface area (Å²) in [6.07, 6.45) is 4.12. The summed E-state index contributed by atoms with van der Waals surface area (Å²) in [5.74, 6) is 0.653. The molecule has 4 nitrogen and oxygen atoms in total. The van der Waals surface area contributed by atoms with E-state index in [1.165, 1.54) is 12.8 Å². The summed E-state index contributed by atoms with van der Waals surface area (Å²) >= 11 is 0. The second-order valence-electron chi connectivity index (χ2n) is 5.02. The molecule has 0 radical (unpaired) electrons. The number of piperidine rings is 1. The Morgan fingerprint density at radius 3 is 2.59 bits per heavy atom. The van der Waals surface area contributed by atoms with Crippen LogP contribution in [-0.2, 0) is 4.79 Å². The first-order valence-corrected chi connectivity index (χ1v) is 6.93. The number of hydrogen-bond acceptors (Lipinski definition) is 3. The minimum atomic E-state index is -0.323. The minimum Gasteiger partial charge on any atom is -0.354 e. The lowest BCUT2D eigenvalue weighted by Gasteiger charge is -2.31. The van der Waals surface area contributed by atoms with E-state index in [9.17, 15) is 4.79 Å². The number of nitrogens with one attached hydrogen (secondary N) is 1. The molecule has 0 aromatic carbocycles. The number of carbonyl (C=O) groups excluding carboxylic acids is 1. The Balaban J connectivity index is 2.16. The number of nitrogens with two attached hydrogens (primary N) is 1. The molecular weight excluding hydrogens is 214 g/mol. The summed E-state index contributed by atoms with van der Waals surface area (Å²) in [5, 5.41) is 2.99. The lowest BCUT2D eigenvalue weighted by atomic mass is 9.96. The summed E-state index contributed by atoms with van der Waals surface area (Å²) in [5.41, 5.74) is 5.77. The molecule has 1 aliphatic rings. The van der Waals surface area contributed by atoms with Gasteiger partial charge in [0.1, 0.15) is 0 Å². The average molecular weight is 241 g/mol. The van der Waals surface area contributed by atoms with Gasteiger partial charge >= 0.3 is 0 Å². The second-order valence-corrected chi connectivity index (χ2v) is 5.02. The van der Waals surface area contributed by atoms with Crippen LogP contribution in [0, 0.1) is 5.92 Å². The molecule has 1 heterocycles. The zero-order valence-electron chi connectivity index (χ0n) is 11.2. The van der Waals surface area contributed by atoms with Gasteiger partial charge in [0.25, 0.3) is 0 Å². The summed E-state index contributed by atoms with van der Waals surface area (Å²) in [6.45, 7) is 8.52. The number of likely N-dealkylation sites (tertiary alicyclic amines) is 1. The highest BCUT2D eigenvalue weighted by atomic mass is 16.2. The van der Waals surface area contributed by atoms with E-state index in [2.05, 4.69) is 17.1 Å². The lowest BCUT2D eigenvalue weighted by molar-refractivity contribution is -0.122. The zero-order chi connectivity index (χ0) is 12.7. The van der Waals surface area contributed by atoms with Crippen molar-refractivity contribution in [2.45, 2.75) is 45.6 Å². The van der Waals surface area contributed by atoms with Crippen LogP contribution in [-0.4, -0.2) is 43.0 Å². The van der Waals surface area contributed by atoms with Crippen molar-refractivity contribution in [1.82, 2.24) is 10.2 Å². The zero-order valence-corrected chi connectivity index (χ0v) is 11.2. The fourth-order valence-corrected chi connectivity index (χ4v) is 2.32. The highest BCUT2D eigenvalue weighted by Crippen LogP contribution is 2.15. The van der Waals surface area contributed by atoms with Crippen LogP contribution >= 0.6 is 0 Å². The fraction of sp³-hybridized carbons (Fsp3) is 0.923. The van der Waals surface area contributed by atoms with Gasteiger partial charge in [-0.3, -0.25) is 4.79 Å². The van der Waals surface area contributed by atoms with Crippen molar-refractivity contribution in [2.24, 2.45) is 11.7 Å². The molecule has 1 amide bonds. The van der Waals surface area contributed by atoms with E-state index in [1.807, 2.05) is 6.92 Å². The van der Waals surface area contributed by atoms with Crippen LogP contribution in [0.25, 0.3) is 0 Å². The number of rotatable bonds is 6. The molecule has 0 aromatic heterocycles. The normalized spacial score (nSPS) is 20.2. The third kappa shape index (κ3) is 5.04. The van der Waals surface area contributed by atoms with E-state index in [0.29, 0.717) is 5.92 Å². The Bertz CT molecular complexity index is 225. The number of carbonyl (C=O) groups is 1. The molecule has 0 saturated carbocycles. The first kappa shape index (κ1) is 14.5. The quantitative estimate of drug-likeness (QED) is 0.728. The first-order valence-electron chi connectivity index (χ1n) is 6.93. The van der Waals surface area contributed by atoms with Gasteiger partial charge in [-0.15, -0.1) is 0 Å². The van der Waals surface area contributed by atoms with Crippen LogP contribution in [0.5, 0.6) is 0 Å². The van der Waals surface area contributed by atoms with Crippen LogP contribution in [0.15, 0.2) is 0 Å². The molecule has 3 N–H and O–H groups in total. The molecule has 1 rings (SSSR count). The predicted octanol–water partition coefficient (Wildman–Crippen LogP) is 0.962. The molecule has 1 saturated heterocycles. The Labute approximate surface area is 105 Å². The van der Waals surface area contributed by atoms with E-state index in [1.54, 1.807) is 0 Å². The monoisotopic (exact) mass is 241 g/mol. The molecular formula is C13H27N3O. The highest BCUT2D eigenvalue weighted by Gasteiger charge is 2.19. The van der Waals surface area contributed by atoms with E-state index in [-0.39, 0.29) is 11.9 Å². The van der Waals surface area contributed by atoms with Gasteiger partial charge in [0.15, 0.2) is 0 Å². The van der Waals surface area contributed by atoms with E-state index in [4.69, 9.17) is 5.73 Å². The van der Waals surface area contributed by atoms with Gasteiger partial charge in [-0.2, -0.15) is 0 Å². The molecule has 4 heteroatoms. The Morgan fingerprint density at radius 2 is 2.06 bits per heavy atom. The van der Waals surface area contributed by atoms with Crippen molar-refractivity contribution < 1.29 is 4.79 Å². The number of hydrogen-bond donors (Lipinski definition) is 2. The Hall–Kier alpha value is -0.610. The maximum atomic E-state index is 11.6. The van der Waals surface area contributed by atoms with Crippen LogP contribution < -0.4 is 11.1 Å². The van der Waals surface area contributed by atoms with Gasteiger partial charge in [-0.1, -0.05) is 20.3 Å². The van der Waals surface area contributed by atoms with Crippen molar-refractivity contribution in [3.8, 4) is 0 Å². The number of amides is 1. The molecule has 17 heavy (non-hydrogen) atoms. The van der Waals surface area contributed by atoms with Crippen molar-refractivity contribution >= 4 is 5.91 Å². The third-order valence-corrected chi connectivity index (χ3v) is 3.66. The molecule has 0 spiro atoms. The maximum absolute atomic E-state index is 11.6. The van der Waals surface area contributed by atoms with Gasteiger partial charge in [-0.25, -0.2) is 0 Å². The highest BCUT2D eigenvalue weighted by molar-refractivity contribution is 5.81. The average Bonchev–Trinajstić information content (AvgIpc) is 2.36. The van der Waals surface area contributed by atoms with Gasteiger partial charge in [0.2, 0.25) is 5.91 Å². The van der Waals surface area contributed by atoms with Crippen LogP contribution in [0.2, 0.25) is 0 Å². The fourth-order valence-electron chi connectivity index (χ4n) is 2.32. The van der Waals surface area contributed by atoms with Crippen molar-refractivity contribution in [1.29, 1.82) is 0 Å². The molecule has 1 unspecified atom stereocenters. The van der Waals surface area contributed by atoms with Gasteiger partial charge in [0, 0.05) is 6.54 Å². The standard InChI is InChI=1S/C13H27N3O/c1-3-5-12(14)13(17)15-10-11-6-8-16(4-2)9-7-11/h11-12H,3-10,14H2,1-2H3,(H,15,17). The summed E-state index contributed by atoms with van der Waals surface area (Å²) in [6, 6.07) is -0.323. The van der Waals surface area contributed by atoms with E-state index in [0.717, 1.165) is 39.0 Å². The van der Waals surface area contributed by atoms with Crippen LogP contribution in [0.3, 0.4) is 0 Å². The van der Waals surface area contributed by atoms with Gasteiger partial charge in [-0.05, 0) is 44.8 Å². The van der Waals surface area contributed by atoms with Crippen molar-refractivity contribution in [2.75, 3.05) is 26.2 Å². The molecule has 100 valence electrons. The molecule has 1 fully saturated rings. The van der Waals surface area contributed by atoms with Gasteiger partial charge in [0.05, 0.1) is 6.04 Å².